The molecule has 106 heavy (non-hydrogen) atoms. The summed E-state index contributed by atoms with van der Waals surface area (Å²) in [6.45, 7) is 0. The number of para-hydroxylation sites is 2. The van der Waals surface area contributed by atoms with Gasteiger partial charge in [0.1, 0.15) is 0 Å². The van der Waals surface area contributed by atoms with Crippen molar-refractivity contribution < 1.29 is 0 Å². The van der Waals surface area contributed by atoms with Crippen molar-refractivity contribution in [3.05, 3.63) is 364 Å². The fourth-order valence-electron chi connectivity index (χ4n) is 17.7. The van der Waals surface area contributed by atoms with Gasteiger partial charge in [0.25, 0.3) is 0 Å². The molecule has 0 N–H and O–H groups in total. The maximum Gasteiger partial charge on any atom is 0.0555 e. The molecule has 0 fully saturated rings. The average Bonchev–Trinajstić information content (AvgIpc) is 1.57. The van der Waals surface area contributed by atoms with Crippen molar-refractivity contribution in [1.82, 2.24) is 18.3 Å². The number of nitrogens with zero attached hydrogens (tertiary/aromatic N) is 4. The Hall–Kier alpha value is -13.4. The van der Waals surface area contributed by atoms with E-state index in [-0.39, 0.29) is 0 Å². The van der Waals surface area contributed by atoms with Crippen LogP contribution in [0.5, 0.6) is 0 Å². The first kappa shape index (κ1) is 59.2. The summed E-state index contributed by atoms with van der Waals surface area (Å²) in [6.07, 6.45) is 0. The second kappa shape index (κ2) is 23.1. The zero-order chi connectivity index (χ0) is 69.2. The molecule has 6 aromatic heterocycles. The van der Waals surface area contributed by atoms with Crippen LogP contribution in [0.3, 0.4) is 0 Å². The summed E-state index contributed by atoms with van der Waals surface area (Å²) >= 11 is 3.77. The molecule has 0 spiro atoms. The summed E-state index contributed by atoms with van der Waals surface area (Å²) in [5, 5.41) is 25.4. The van der Waals surface area contributed by atoms with Crippen LogP contribution in [-0.2, 0) is 0 Å². The third-order valence-electron chi connectivity index (χ3n) is 22.5. The van der Waals surface area contributed by atoms with Crippen LogP contribution in [0.2, 0.25) is 0 Å². The van der Waals surface area contributed by atoms with Gasteiger partial charge in [-0.1, -0.05) is 231 Å². The van der Waals surface area contributed by atoms with Crippen molar-refractivity contribution in [3.8, 4) is 45.0 Å². The van der Waals surface area contributed by atoms with Gasteiger partial charge in [0.2, 0.25) is 0 Å². The molecule has 0 unspecified atom stereocenters. The Labute approximate surface area is 616 Å². The Morgan fingerprint density at radius 2 is 0.481 bits per heavy atom. The molecule has 6 heteroatoms. The minimum atomic E-state index is 1.18. The summed E-state index contributed by atoms with van der Waals surface area (Å²) in [7, 11) is 0. The van der Waals surface area contributed by atoms with Crippen molar-refractivity contribution in [1.29, 1.82) is 0 Å². The van der Waals surface area contributed by atoms with Gasteiger partial charge in [-0.15, -0.1) is 22.7 Å². The van der Waals surface area contributed by atoms with Crippen molar-refractivity contribution >= 4 is 193 Å². The number of rotatable bonds is 6. The lowest BCUT2D eigenvalue weighted by Crippen LogP contribution is -1.95. The lowest BCUT2D eigenvalue weighted by atomic mass is 10.00. The van der Waals surface area contributed by atoms with Crippen LogP contribution in [-0.4, -0.2) is 18.3 Å². The quantitative estimate of drug-likeness (QED) is 0.158. The maximum atomic E-state index is 2.49. The molecule has 0 bridgehead atoms. The fourth-order valence-corrected chi connectivity index (χ4v) is 19.9. The SMILES string of the molecule is c1ccc2cc(-n3c4ccccc4c4cc(-c5ccc6c(c5)c5cc7c(cc5n6-c5cccc6ccccc56)sc5ccccc57)ccc43)ccc2c1.c1ccc2cc(-n3c4ccccc4c4cc(-c5ccc6c(c5)c5cc7sc8ccccc8c7cc5n6-c5cccc6ccccc56)ccc43)ccc2c1. The summed E-state index contributed by atoms with van der Waals surface area (Å²) in [5.74, 6) is 0. The zero-order valence-electron chi connectivity index (χ0n) is 57.2. The zero-order valence-corrected chi connectivity index (χ0v) is 58.9. The average molecular weight is 1380 g/mol. The van der Waals surface area contributed by atoms with Crippen LogP contribution in [0, 0.1) is 0 Å². The first-order valence-corrected chi connectivity index (χ1v) is 38.0. The number of benzene rings is 18. The van der Waals surface area contributed by atoms with Gasteiger partial charge >= 0.3 is 0 Å². The lowest BCUT2D eigenvalue weighted by Gasteiger charge is -2.12. The Morgan fingerprint density at radius 1 is 0.151 bits per heavy atom. The molecule has 0 aliphatic carbocycles. The standard InChI is InChI=1S/2C50H30N2S/c1-2-12-33-26-36(23-20-31(33)10-1)51-45-17-7-5-15-38(45)40-27-34(21-24-46(40)51)35-22-25-47-41(28-35)42-30-50-43(39-16-6-8-19-49(39)53-50)29-48(42)52(47)44-18-9-13-32-11-3-4-14-37(32)44;1-2-12-33-26-36(23-20-31(33)10-1)51-45-17-7-5-15-38(45)40-27-34(21-24-46(40)51)35-22-25-47-41(28-35)42-29-43-39-16-6-8-19-49(39)53-50(43)30-48(42)52(47)44-18-9-13-32-11-3-4-14-37(32)44/h2*1-30H. The van der Waals surface area contributed by atoms with E-state index in [2.05, 4.69) is 382 Å². The summed E-state index contributed by atoms with van der Waals surface area (Å²) in [6, 6.07) is 135. The molecule has 0 aliphatic heterocycles. The van der Waals surface area contributed by atoms with E-state index in [0.29, 0.717) is 0 Å². The smallest absolute Gasteiger partial charge is 0.0555 e. The monoisotopic (exact) mass is 1380 g/mol. The molecule has 0 radical (unpaired) electrons. The molecule has 492 valence electrons. The second-order valence-corrected chi connectivity index (χ2v) is 30.5. The number of fused-ring (bicyclic) bond motifs is 22. The van der Waals surface area contributed by atoms with Gasteiger partial charge in [-0.3, -0.25) is 0 Å². The molecule has 6 heterocycles. The van der Waals surface area contributed by atoms with E-state index < -0.39 is 0 Å². The Balaban J connectivity index is 0.000000129. The molecular formula is C100H60N4S2. The van der Waals surface area contributed by atoms with Gasteiger partial charge in [-0.05, 0) is 188 Å². The minimum absolute atomic E-state index is 1.18. The summed E-state index contributed by atoms with van der Waals surface area (Å²) < 4.78 is 15.1. The number of hydrogen-bond donors (Lipinski definition) is 0. The summed E-state index contributed by atoms with van der Waals surface area (Å²) in [5.41, 5.74) is 19.4. The van der Waals surface area contributed by atoms with E-state index in [0.717, 1.165) is 0 Å². The molecule has 0 saturated heterocycles. The lowest BCUT2D eigenvalue weighted by molar-refractivity contribution is 1.19. The largest absolute Gasteiger partial charge is 0.309 e. The predicted molar refractivity (Wildman–Crippen MR) is 457 cm³/mol. The topological polar surface area (TPSA) is 19.7 Å². The molecule has 24 rings (SSSR count). The molecule has 24 aromatic rings. The van der Waals surface area contributed by atoms with Crippen LogP contribution in [0.4, 0.5) is 0 Å². The van der Waals surface area contributed by atoms with Crippen LogP contribution in [0.25, 0.3) is 216 Å². The van der Waals surface area contributed by atoms with Crippen molar-refractivity contribution in [3.63, 3.8) is 0 Å². The van der Waals surface area contributed by atoms with E-state index in [4.69, 9.17) is 0 Å². The Bertz CT molecular complexity index is 7840. The van der Waals surface area contributed by atoms with Gasteiger partial charge < -0.3 is 18.3 Å². The van der Waals surface area contributed by atoms with Crippen molar-refractivity contribution in [2.24, 2.45) is 0 Å². The molecule has 0 atom stereocenters. The fraction of sp³-hybridized carbons (Fsp3) is 0. The van der Waals surface area contributed by atoms with E-state index in [1.807, 2.05) is 22.7 Å². The van der Waals surface area contributed by atoms with Gasteiger partial charge in [-0.25, -0.2) is 0 Å². The van der Waals surface area contributed by atoms with Gasteiger partial charge in [0.05, 0.1) is 55.5 Å². The van der Waals surface area contributed by atoms with Gasteiger partial charge in [0, 0.05) is 106 Å². The number of hydrogen-bond acceptors (Lipinski definition) is 2. The number of aromatic nitrogens is 4. The maximum absolute atomic E-state index is 2.49. The van der Waals surface area contributed by atoms with Crippen LogP contribution >= 0.6 is 22.7 Å². The molecule has 4 nitrogen and oxygen atoms in total. The van der Waals surface area contributed by atoms with Gasteiger partial charge in [-0.2, -0.15) is 0 Å². The van der Waals surface area contributed by atoms with E-state index in [1.54, 1.807) is 0 Å². The van der Waals surface area contributed by atoms with Crippen molar-refractivity contribution in [2.75, 3.05) is 0 Å². The highest BCUT2D eigenvalue weighted by Crippen LogP contribution is 2.47. The highest BCUT2D eigenvalue weighted by molar-refractivity contribution is 7.26. The van der Waals surface area contributed by atoms with Crippen molar-refractivity contribution in [2.45, 2.75) is 0 Å². The predicted octanol–water partition coefficient (Wildman–Crippen LogP) is 28.4. The first-order chi connectivity index (χ1) is 52.5. The van der Waals surface area contributed by atoms with E-state index in [1.165, 1.54) is 216 Å². The van der Waals surface area contributed by atoms with E-state index >= 15 is 0 Å². The second-order valence-electron chi connectivity index (χ2n) is 28.3. The normalized spacial score (nSPS) is 12.2. The first-order valence-electron chi connectivity index (χ1n) is 36.3. The third-order valence-corrected chi connectivity index (χ3v) is 24.8. The Morgan fingerprint density at radius 3 is 0.962 bits per heavy atom. The van der Waals surface area contributed by atoms with Crippen LogP contribution < -0.4 is 0 Å². The molecule has 0 saturated carbocycles. The van der Waals surface area contributed by atoms with Crippen LogP contribution in [0.15, 0.2) is 364 Å². The molecule has 0 amide bonds. The minimum Gasteiger partial charge on any atom is -0.309 e. The van der Waals surface area contributed by atoms with Crippen LogP contribution in [0.1, 0.15) is 0 Å². The van der Waals surface area contributed by atoms with E-state index in [9.17, 15) is 0 Å². The molecule has 18 aromatic carbocycles. The Kier molecular flexibility index (Phi) is 12.9. The highest BCUT2D eigenvalue weighted by atomic mass is 32.1. The number of thiophene rings is 2. The third kappa shape index (κ3) is 8.99. The summed E-state index contributed by atoms with van der Waals surface area (Å²) in [4.78, 5) is 0. The molecule has 0 aliphatic rings. The molecular weight excluding hydrogens is 1320 g/mol. The van der Waals surface area contributed by atoms with Gasteiger partial charge in [0.15, 0.2) is 0 Å². The highest BCUT2D eigenvalue weighted by Gasteiger charge is 2.23.